The molecule has 5 heteroatoms. The smallest absolute Gasteiger partial charge is 0.321 e. The second-order valence-electron chi connectivity index (χ2n) is 3.84. The summed E-state index contributed by atoms with van der Waals surface area (Å²) in [6, 6.07) is 0. The number of nitrogens with one attached hydrogen (secondary N) is 1. The molecule has 0 spiro atoms. The largest absolute Gasteiger partial charge is 0.480 e. The van der Waals surface area contributed by atoms with E-state index in [-0.39, 0.29) is 5.92 Å². The van der Waals surface area contributed by atoms with E-state index in [0.717, 1.165) is 0 Å². The summed E-state index contributed by atoms with van der Waals surface area (Å²) in [5.74, 6) is -2.76. The molecule has 5 nitrogen and oxygen atoms in total. The zero-order chi connectivity index (χ0) is 10.8. The van der Waals surface area contributed by atoms with E-state index in [4.69, 9.17) is 10.2 Å². The zero-order valence-corrected chi connectivity index (χ0v) is 8.12. The molecule has 0 aromatic carbocycles. The highest BCUT2D eigenvalue weighted by atomic mass is 16.4. The van der Waals surface area contributed by atoms with E-state index in [2.05, 4.69) is 5.32 Å². The molecule has 0 aromatic heterocycles. The molecule has 1 aliphatic rings. The minimum atomic E-state index is -1.64. The monoisotopic (exact) mass is 201 g/mol. The summed E-state index contributed by atoms with van der Waals surface area (Å²) in [4.78, 5) is 21.9. The lowest BCUT2D eigenvalue weighted by atomic mass is 9.72. The van der Waals surface area contributed by atoms with Gasteiger partial charge in [0.1, 0.15) is 0 Å². The zero-order valence-electron chi connectivity index (χ0n) is 8.12. The first kappa shape index (κ1) is 11.0. The Bertz CT molecular complexity index is 231. The molecule has 3 N–H and O–H groups in total. The Hall–Kier alpha value is -1.10. The third kappa shape index (κ3) is 1.72. The maximum Gasteiger partial charge on any atom is 0.321 e. The SMILES string of the molecule is CC(C(=O)O)(C(=O)O)C1CCNCC1. The average molecular weight is 201 g/mol. The fraction of sp³-hybridized carbons (Fsp3) is 0.778. The number of aliphatic carboxylic acids is 2. The highest BCUT2D eigenvalue weighted by Crippen LogP contribution is 2.34. The van der Waals surface area contributed by atoms with Crippen LogP contribution in [-0.2, 0) is 9.59 Å². The van der Waals surface area contributed by atoms with Crippen LogP contribution in [0.1, 0.15) is 19.8 Å². The summed E-state index contributed by atoms with van der Waals surface area (Å²) >= 11 is 0. The van der Waals surface area contributed by atoms with Crippen molar-refractivity contribution in [1.29, 1.82) is 0 Å². The van der Waals surface area contributed by atoms with Gasteiger partial charge in [0, 0.05) is 0 Å². The minimum absolute atomic E-state index is 0.279. The van der Waals surface area contributed by atoms with E-state index in [1.807, 2.05) is 0 Å². The number of hydrogen-bond donors (Lipinski definition) is 3. The molecule has 1 rings (SSSR count). The van der Waals surface area contributed by atoms with Crippen LogP contribution in [-0.4, -0.2) is 35.2 Å². The fourth-order valence-electron chi connectivity index (χ4n) is 1.84. The van der Waals surface area contributed by atoms with Crippen molar-refractivity contribution in [3.8, 4) is 0 Å². The maximum absolute atomic E-state index is 11.0. The Morgan fingerprint density at radius 1 is 1.21 bits per heavy atom. The molecule has 0 unspecified atom stereocenters. The lowest BCUT2D eigenvalue weighted by molar-refractivity contribution is -0.168. The molecule has 0 bridgehead atoms. The van der Waals surface area contributed by atoms with E-state index >= 15 is 0 Å². The first-order valence-electron chi connectivity index (χ1n) is 4.67. The van der Waals surface area contributed by atoms with E-state index in [0.29, 0.717) is 25.9 Å². The summed E-state index contributed by atoms with van der Waals surface area (Å²) in [5, 5.41) is 21.0. The normalized spacial score (nSPS) is 19.2. The Balaban J connectivity index is 2.86. The average Bonchev–Trinajstić information content (AvgIpc) is 2.17. The Labute approximate surface area is 82.1 Å². The lowest BCUT2D eigenvalue weighted by Gasteiger charge is -2.33. The molecule has 0 radical (unpaired) electrons. The Kier molecular flexibility index (Phi) is 3.10. The first-order valence-corrected chi connectivity index (χ1v) is 4.67. The molecule has 0 amide bonds. The number of hydrogen-bond acceptors (Lipinski definition) is 3. The lowest BCUT2D eigenvalue weighted by Crippen LogP contribution is -2.47. The van der Waals surface area contributed by atoms with Gasteiger partial charge >= 0.3 is 11.9 Å². The van der Waals surface area contributed by atoms with Crippen molar-refractivity contribution < 1.29 is 19.8 Å². The van der Waals surface area contributed by atoms with E-state index in [1.165, 1.54) is 6.92 Å². The van der Waals surface area contributed by atoms with Crippen molar-refractivity contribution in [3.63, 3.8) is 0 Å². The van der Waals surface area contributed by atoms with Crippen LogP contribution in [0.25, 0.3) is 0 Å². The second-order valence-corrected chi connectivity index (χ2v) is 3.84. The minimum Gasteiger partial charge on any atom is -0.480 e. The van der Waals surface area contributed by atoms with Crippen LogP contribution in [0.15, 0.2) is 0 Å². The van der Waals surface area contributed by atoms with Gasteiger partial charge in [0.15, 0.2) is 5.41 Å². The van der Waals surface area contributed by atoms with Crippen molar-refractivity contribution in [2.75, 3.05) is 13.1 Å². The van der Waals surface area contributed by atoms with Crippen LogP contribution in [0.4, 0.5) is 0 Å². The molecule has 0 saturated carbocycles. The number of carboxylic acids is 2. The molecular formula is C9H15NO4. The van der Waals surface area contributed by atoms with Gasteiger partial charge in [0.2, 0.25) is 0 Å². The van der Waals surface area contributed by atoms with Crippen molar-refractivity contribution in [1.82, 2.24) is 5.32 Å². The van der Waals surface area contributed by atoms with Gasteiger partial charge in [-0.15, -0.1) is 0 Å². The predicted octanol–water partition coefficient (Wildman–Crippen LogP) is 0.161. The molecule has 0 aliphatic carbocycles. The molecular weight excluding hydrogens is 186 g/mol. The fourth-order valence-corrected chi connectivity index (χ4v) is 1.84. The van der Waals surface area contributed by atoms with Gasteiger partial charge in [0.05, 0.1) is 0 Å². The van der Waals surface area contributed by atoms with Crippen LogP contribution >= 0.6 is 0 Å². The van der Waals surface area contributed by atoms with Crippen LogP contribution in [0.2, 0.25) is 0 Å². The Morgan fingerprint density at radius 3 is 2.00 bits per heavy atom. The summed E-state index contributed by atoms with van der Waals surface area (Å²) in [7, 11) is 0. The number of rotatable bonds is 3. The molecule has 1 fully saturated rings. The van der Waals surface area contributed by atoms with Crippen LogP contribution in [0.5, 0.6) is 0 Å². The first-order chi connectivity index (χ1) is 6.49. The summed E-state index contributed by atoms with van der Waals surface area (Å²) in [6.45, 7) is 2.69. The maximum atomic E-state index is 11.0. The highest BCUT2D eigenvalue weighted by Gasteiger charge is 2.48. The molecule has 1 heterocycles. The van der Waals surface area contributed by atoms with Crippen LogP contribution < -0.4 is 5.32 Å². The van der Waals surface area contributed by atoms with Gasteiger partial charge in [-0.3, -0.25) is 9.59 Å². The summed E-state index contributed by atoms with van der Waals surface area (Å²) in [5.41, 5.74) is -1.64. The molecule has 80 valence electrons. The summed E-state index contributed by atoms with van der Waals surface area (Å²) < 4.78 is 0. The van der Waals surface area contributed by atoms with Crippen LogP contribution in [0, 0.1) is 11.3 Å². The quantitative estimate of drug-likeness (QED) is 0.566. The molecule has 1 aliphatic heterocycles. The van der Waals surface area contributed by atoms with E-state index in [9.17, 15) is 9.59 Å². The highest BCUT2D eigenvalue weighted by molar-refractivity contribution is 5.98. The van der Waals surface area contributed by atoms with Crippen molar-refractivity contribution >= 4 is 11.9 Å². The van der Waals surface area contributed by atoms with Gasteiger partial charge in [-0.1, -0.05) is 0 Å². The van der Waals surface area contributed by atoms with Gasteiger partial charge in [0.25, 0.3) is 0 Å². The number of carbonyl (C=O) groups is 2. The molecule has 0 atom stereocenters. The third-order valence-electron chi connectivity index (χ3n) is 3.04. The summed E-state index contributed by atoms with van der Waals surface area (Å²) in [6.07, 6.45) is 1.21. The van der Waals surface area contributed by atoms with Crippen molar-refractivity contribution in [2.24, 2.45) is 11.3 Å². The van der Waals surface area contributed by atoms with Gasteiger partial charge in [-0.05, 0) is 38.8 Å². The van der Waals surface area contributed by atoms with E-state index < -0.39 is 17.4 Å². The van der Waals surface area contributed by atoms with Crippen LogP contribution in [0.3, 0.4) is 0 Å². The van der Waals surface area contributed by atoms with E-state index in [1.54, 1.807) is 0 Å². The van der Waals surface area contributed by atoms with Gasteiger partial charge in [-0.25, -0.2) is 0 Å². The van der Waals surface area contributed by atoms with Gasteiger partial charge < -0.3 is 15.5 Å². The topological polar surface area (TPSA) is 86.6 Å². The van der Waals surface area contributed by atoms with Crippen molar-refractivity contribution in [2.45, 2.75) is 19.8 Å². The Morgan fingerprint density at radius 2 is 1.64 bits per heavy atom. The van der Waals surface area contributed by atoms with Crippen molar-refractivity contribution in [3.05, 3.63) is 0 Å². The number of carboxylic acid groups (broad SMARTS) is 2. The molecule has 14 heavy (non-hydrogen) atoms. The second kappa shape index (κ2) is 3.96. The number of piperidine rings is 1. The predicted molar refractivity (Wildman–Crippen MR) is 49.0 cm³/mol. The van der Waals surface area contributed by atoms with Gasteiger partial charge in [-0.2, -0.15) is 0 Å². The third-order valence-corrected chi connectivity index (χ3v) is 3.04. The molecule has 0 aromatic rings. The standard InChI is InChI=1S/C9H15NO4/c1-9(7(11)12,8(13)14)6-2-4-10-5-3-6/h6,10H,2-5H2,1H3,(H,11,12)(H,13,14). The molecule has 1 saturated heterocycles.